The summed E-state index contributed by atoms with van der Waals surface area (Å²) in [5.41, 5.74) is 7.11. The van der Waals surface area contributed by atoms with E-state index >= 15 is 0 Å². The van der Waals surface area contributed by atoms with Crippen molar-refractivity contribution in [2.75, 3.05) is 0 Å². The summed E-state index contributed by atoms with van der Waals surface area (Å²) in [5.74, 6) is -0.826. The Morgan fingerprint density at radius 1 is 1.10 bits per heavy atom. The van der Waals surface area contributed by atoms with Crippen molar-refractivity contribution in [3.05, 3.63) is 34.4 Å². The first-order valence-corrected chi connectivity index (χ1v) is 7.98. The Morgan fingerprint density at radius 3 is 2.14 bits per heavy atom. The van der Waals surface area contributed by atoms with E-state index in [2.05, 4.69) is 20.8 Å². The molecule has 0 aliphatic heterocycles. The van der Waals surface area contributed by atoms with Crippen LogP contribution in [0.3, 0.4) is 0 Å². The highest BCUT2D eigenvalue weighted by Gasteiger charge is 2.33. The lowest BCUT2D eigenvalue weighted by atomic mass is 9.68. The summed E-state index contributed by atoms with van der Waals surface area (Å²) in [6, 6.07) is 1.85. The normalized spacial score (nSPS) is 24.9. The third-order valence-corrected chi connectivity index (χ3v) is 5.23. The molecule has 1 aliphatic carbocycles. The third kappa shape index (κ3) is 3.75. The van der Waals surface area contributed by atoms with Crippen molar-refractivity contribution in [3.63, 3.8) is 0 Å². The highest BCUT2D eigenvalue weighted by molar-refractivity contribution is 6.31. The molecular weight excluding hydrogens is 292 g/mol. The Morgan fingerprint density at radius 2 is 1.62 bits per heavy atom. The minimum atomic E-state index is -0.924. The second-order valence-electron chi connectivity index (χ2n) is 7.29. The molecule has 1 nitrogen and oxygen atoms in total. The topological polar surface area (TPSA) is 26.0 Å². The van der Waals surface area contributed by atoms with Gasteiger partial charge < -0.3 is 5.73 Å². The quantitative estimate of drug-likeness (QED) is 0.719. The van der Waals surface area contributed by atoms with E-state index in [9.17, 15) is 8.78 Å². The molecule has 4 heteroatoms. The first kappa shape index (κ1) is 16.7. The van der Waals surface area contributed by atoms with Crippen molar-refractivity contribution < 1.29 is 8.78 Å². The lowest BCUT2D eigenvalue weighted by Crippen LogP contribution is -2.31. The van der Waals surface area contributed by atoms with Crippen LogP contribution in [0.25, 0.3) is 0 Å². The molecule has 1 aliphatic rings. The van der Waals surface area contributed by atoms with Crippen LogP contribution in [-0.2, 0) is 0 Å². The van der Waals surface area contributed by atoms with Crippen LogP contribution < -0.4 is 5.73 Å². The molecule has 0 saturated heterocycles. The minimum Gasteiger partial charge on any atom is -0.324 e. The highest BCUT2D eigenvalue weighted by atomic mass is 35.5. The number of hydrogen-bond donors (Lipinski definition) is 1. The van der Waals surface area contributed by atoms with Gasteiger partial charge in [0.1, 0.15) is 0 Å². The molecule has 2 N–H and O–H groups in total. The maximum atomic E-state index is 13.4. The average Bonchev–Trinajstić information content (AvgIpc) is 2.41. The van der Waals surface area contributed by atoms with Gasteiger partial charge in [0.05, 0.1) is 0 Å². The molecule has 0 spiro atoms. The van der Waals surface area contributed by atoms with Crippen LogP contribution in [0, 0.1) is 28.9 Å². The van der Waals surface area contributed by atoms with Gasteiger partial charge >= 0.3 is 0 Å². The molecule has 1 aromatic carbocycles. The molecule has 1 atom stereocenters. The zero-order valence-electron chi connectivity index (χ0n) is 12.9. The van der Waals surface area contributed by atoms with Crippen molar-refractivity contribution in [3.8, 4) is 0 Å². The lowest BCUT2D eigenvalue weighted by molar-refractivity contribution is 0.139. The molecule has 0 bridgehead atoms. The molecule has 1 unspecified atom stereocenters. The van der Waals surface area contributed by atoms with Gasteiger partial charge in [-0.15, -0.1) is 0 Å². The monoisotopic (exact) mass is 315 g/mol. The summed E-state index contributed by atoms with van der Waals surface area (Å²) in [6.07, 6.45) is 4.28. The first-order chi connectivity index (χ1) is 9.70. The van der Waals surface area contributed by atoms with Crippen LogP contribution in [0.1, 0.15) is 58.1 Å². The first-order valence-electron chi connectivity index (χ1n) is 7.60. The number of hydrogen-bond acceptors (Lipinski definition) is 1. The van der Waals surface area contributed by atoms with Gasteiger partial charge in [0.25, 0.3) is 0 Å². The summed E-state index contributed by atoms with van der Waals surface area (Å²) in [4.78, 5) is 0. The molecule has 118 valence electrons. The highest BCUT2D eigenvalue weighted by Crippen LogP contribution is 2.43. The third-order valence-electron chi connectivity index (χ3n) is 4.90. The van der Waals surface area contributed by atoms with E-state index in [4.69, 9.17) is 17.3 Å². The lowest BCUT2D eigenvalue weighted by Gasteiger charge is -2.38. The Labute approximate surface area is 130 Å². The summed E-state index contributed by atoms with van der Waals surface area (Å²) < 4.78 is 26.6. The Balaban J connectivity index is 2.09. The zero-order valence-corrected chi connectivity index (χ0v) is 13.7. The fourth-order valence-corrected chi connectivity index (χ4v) is 3.67. The van der Waals surface area contributed by atoms with Gasteiger partial charge in [-0.2, -0.15) is 0 Å². The molecular formula is C17H24ClF2N. The molecule has 0 radical (unpaired) electrons. The summed E-state index contributed by atoms with van der Waals surface area (Å²) in [6.45, 7) is 6.80. The van der Waals surface area contributed by atoms with Crippen LogP contribution >= 0.6 is 11.6 Å². The second kappa shape index (κ2) is 6.21. The molecule has 2 rings (SSSR count). The minimum absolute atomic E-state index is 0.222. The summed E-state index contributed by atoms with van der Waals surface area (Å²) >= 11 is 6.03. The molecule has 1 aromatic rings. The number of benzene rings is 1. The maximum Gasteiger partial charge on any atom is 0.160 e. The summed E-state index contributed by atoms with van der Waals surface area (Å²) in [7, 11) is 0. The van der Waals surface area contributed by atoms with E-state index in [1.54, 1.807) is 0 Å². The van der Waals surface area contributed by atoms with Crippen molar-refractivity contribution in [1.82, 2.24) is 0 Å². The van der Waals surface area contributed by atoms with Gasteiger partial charge in [-0.05, 0) is 60.6 Å². The van der Waals surface area contributed by atoms with Crippen molar-refractivity contribution in [2.45, 2.75) is 52.5 Å². The van der Waals surface area contributed by atoms with E-state index in [0.717, 1.165) is 37.8 Å². The van der Waals surface area contributed by atoms with Gasteiger partial charge in [-0.3, -0.25) is 0 Å². The molecule has 1 fully saturated rings. The summed E-state index contributed by atoms with van der Waals surface area (Å²) in [5, 5.41) is 0.222. The van der Waals surface area contributed by atoms with Crippen molar-refractivity contribution in [1.29, 1.82) is 0 Å². The number of halogens is 3. The van der Waals surface area contributed by atoms with Gasteiger partial charge in [0.15, 0.2) is 11.6 Å². The standard InChI is InChI=1S/C17H24ClF2N/c1-17(2,3)11-6-4-10(5-7-11)16(21)12-8-14(19)15(20)9-13(12)18/h8-11,16H,4-7,21H2,1-3H3. The Bertz CT molecular complexity index is 502. The maximum absolute atomic E-state index is 13.4. The molecule has 0 aromatic heterocycles. The van der Waals surface area contributed by atoms with Crippen LogP contribution in [0.15, 0.2) is 12.1 Å². The van der Waals surface area contributed by atoms with Gasteiger partial charge in [-0.25, -0.2) is 8.78 Å². The zero-order chi connectivity index (χ0) is 15.8. The Kier molecular flexibility index (Phi) is 4.94. The number of nitrogens with two attached hydrogens (primary N) is 1. The van der Waals surface area contributed by atoms with Gasteiger partial charge in [0.2, 0.25) is 0 Å². The number of rotatable bonds is 2. The van der Waals surface area contributed by atoms with Gasteiger partial charge in [0, 0.05) is 11.1 Å². The van der Waals surface area contributed by atoms with E-state index in [1.807, 2.05) is 0 Å². The van der Waals surface area contributed by atoms with E-state index in [1.165, 1.54) is 0 Å². The fourth-order valence-electron chi connectivity index (χ4n) is 3.39. The predicted octanol–water partition coefficient (Wildman–Crippen LogP) is 5.47. The van der Waals surface area contributed by atoms with Crippen LogP contribution in [0.2, 0.25) is 5.02 Å². The van der Waals surface area contributed by atoms with Crippen LogP contribution in [0.4, 0.5) is 8.78 Å². The molecule has 21 heavy (non-hydrogen) atoms. The molecule has 0 amide bonds. The Hall–Kier alpha value is -0.670. The molecule has 0 heterocycles. The van der Waals surface area contributed by atoms with Gasteiger partial charge in [-0.1, -0.05) is 32.4 Å². The second-order valence-corrected chi connectivity index (χ2v) is 7.70. The fraction of sp³-hybridized carbons (Fsp3) is 0.647. The largest absolute Gasteiger partial charge is 0.324 e. The van der Waals surface area contributed by atoms with Crippen LogP contribution in [0.5, 0.6) is 0 Å². The van der Waals surface area contributed by atoms with E-state index in [0.29, 0.717) is 16.9 Å². The van der Waals surface area contributed by atoms with E-state index in [-0.39, 0.29) is 17.0 Å². The molecule has 1 saturated carbocycles. The van der Waals surface area contributed by atoms with Crippen LogP contribution in [-0.4, -0.2) is 0 Å². The van der Waals surface area contributed by atoms with Crippen molar-refractivity contribution >= 4 is 11.6 Å². The predicted molar refractivity (Wildman–Crippen MR) is 83.2 cm³/mol. The van der Waals surface area contributed by atoms with E-state index < -0.39 is 11.6 Å². The average molecular weight is 316 g/mol. The SMILES string of the molecule is CC(C)(C)C1CCC(C(N)c2cc(F)c(F)cc2Cl)CC1. The smallest absolute Gasteiger partial charge is 0.160 e. The van der Waals surface area contributed by atoms with Crippen molar-refractivity contribution in [2.24, 2.45) is 23.0 Å².